The van der Waals surface area contributed by atoms with Gasteiger partial charge in [0.1, 0.15) is 29.5 Å². The molecular formula is C31H30F3NO7S. The Labute approximate surface area is 247 Å². The van der Waals surface area contributed by atoms with Crippen LogP contribution in [-0.4, -0.2) is 55.9 Å². The molecule has 1 N–H and O–H groups in total. The Morgan fingerprint density at radius 3 is 2.42 bits per heavy atom. The summed E-state index contributed by atoms with van der Waals surface area (Å²) in [7, 11) is -3.32. The summed E-state index contributed by atoms with van der Waals surface area (Å²) in [6.45, 7) is 0.857. The van der Waals surface area contributed by atoms with Crippen LogP contribution in [0.2, 0.25) is 0 Å². The minimum atomic E-state index is -4.57. The molecule has 1 fully saturated rings. The van der Waals surface area contributed by atoms with E-state index >= 15 is 0 Å². The number of carbonyl (C=O) groups is 1. The molecule has 0 radical (unpaired) electrons. The number of carboxylic acids is 1. The predicted octanol–water partition coefficient (Wildman–Crippen LogP) is 5.80. The van der Waals surface area contributed by atoms with Crippen LogP contribution in [-0.2, 0) is 27.4 Å². The monoisotopic (exact) mass is 617 g/mol. The Bertz CT molecular complexity index is 1660. The van der Waals surface area contributed by atoms with Crippen LogP contribution in [0.1, 0.15) is 53.5 Å². The number of alkyl halides is 3. The molecule has 0 aromatic heterocycles. The molecule has 2 aliphatic heterocycles. The summed E-state index contributed by atoms with van der Waals surface area (Å²) in [5.74, 6) is 0.358. The summed E-state index contributed by atoms with van der Waals surface area (Å²) < 4.78 is 85.4. The van der Waals surface area contributed by atoms with E-state index in [0.717, 1.165) is 17.9 Å². The van der Waals surface area contributed by atoms with Crippen LogP contribution in [0.25, 0.3) is 11.1 Å². The van der Waals surface area contributed by atoms with Gasteiger partial charge in [0.05, 0.1) is 31.4 Å². The maximum Gasteiger partial charge on any atom is 0.417 e. The fourth-order valence-corrected chi connectivity index (χ4v) is 7.09. The van der Waals surface area contributed by atoms with Crippen LogP contribution >= 0.6 is 0 Å². The van der Waals surface area contributed by atoms with Crippen LogP contribution < -0.4 is 14.2 Å². The lowest BCUT2D eigenvalue weighted by Crippen LogP contribution is -2.29. The van der Waals surface area contributed by atoms with Gasteiger partial charge < -0.3 is 19.3 Å². The number of aliphatic carboxylic acids is 1. The zero-order valence-corrected chi connectivity index (χ0v) is 24.1. The standard InChI is InChI=1S/C31H30F3NO7S/c1-43(38,39)35-13-12-22(16-35)41-20-4-2-18(3-5-20)30-25-9-11-27(24(25)8-10-26(30)31(32,33)34)42-21-6-7-23-19(14-29(36)37)17-40-28(23)15-21/h2-8,10,15,19,22,27H,9,11-14,16-17H2,1H3,(H,36,37). The van der Waals surface area contributed by atoms with E-state index in [1.54, 1.807) is 42.5 Å². The summed E-state index contributed by atoms with van der Waals surface area (Å²) in [5.41, 5.74) is 1.84. The largest absolute Gasteiger partial charge is 0.492 e. The van der Waals surface area contributed by atoms with Gasteiger partial charge in [0.2, 0.25) is 10.0 Å². The predicted molar refractivity (Wildman–Crippen MR) is 151 cm³/mol. The van der Waals surface area contributed by atoms with Gasteiger partial charge in [-0.05, 0) is 65.8 Å². The van der Waals surface area contributed by atoms with Crippen LogP contribution in [0.3, 0.4) is 0 Å². The zero-order chi connectivity index (χ0) is 30.5. The number of hydrogen-bond donors (Lipinski definition) is 1. The Balaban J connectivity index is 1.24. The maximum absolute atomic E-state index is 14.2. The molecule has 8 nitrogen and oxygen atoms in total. The van der Waals surface area contributed by atoms with Crippen molar-refractivity contribution in [3.8, 4) is 28.4 Å². The highest BCUT2D eigenvalue weighted by Crippen LogP contribution is 2.47. The van der Waals surface area contributed by atoms with E-state index in [-0.39, 0.29) is 37.2 Å². The molecule has 3 aromatic carbocycles. The van der Waals surface area contributed by atoms with Crippen LogP contribution in [0, 0.1) is 0 Å². The quantitative estimate of drug-likeness (QED) is 0.341. The van der Waals surface area contributed by atoms with Crippen molar-refractivity contribution < 1.29 is 45.7 Å². The van der Waals surface area contributed by atoms with Crippen molar-refractivity contribution in [3.63, 3.8) is 0 Å². The SMILES string of the molecule is CS(=O)(=O)N1CCC(Oc2ccc(-c3c(C(F)(F)F)ccc4c3CCC4Oc3ccc4c(c3)OCC4CC(=O)O)cc2)C1. The molecule has 0 saturated carbocycles. The van der Waals surface area contributed by atoms with Gasteiger partial charge in [0.15, 0.2) is 0 Å². The number of halogens is 3. The highest BCUT2D eigenvalue weighted by molar-refractivity contribution is 7.88. The maximum atomic E-state index is 14.2. The molecule has 228 valence electrons. The fourth-order valence-electron chi connectivity index (χ4n) is 6.22. The smallest absolute Gasteiger partial charge is 0.417 e. The van der Waals surface area contributed by atoms with Gasteiger partial charge in [-0.25, -0.2) is 8.42 Å². The van der Waals surface area contributed by atoms with Crippen molar-refractivity contribution in [1.82, 2.24) is 4.31 Å². The van der Waals surface area contributed by atoms with Crippen molar-refractivity contribution in [2.45, 2.75) is 50.0 Å². The van der Waals surface area contributed by atoms with Crippen molar-refractivity contribution >= 4 is 16.0 Å². The molecule has 0 amide bonds. The third-order valence-electron chi connectivity index (χ3n) is 8.24. The zero-order valence-electron chi connectivity index (χ0n) is 23.3. The molecule has 0 spiro atoms. The lowest BCUT2D eigenvalue weighted by atomic mass is 9.91. The summed E-state index contributed by atoms with van der Waals surface area (Å²) in [6, 6.07) is 14.2. The van der Waals surface area contributed by atoms with Gasteiger partial charge >= 0.3 is 12.1 Å². The Kier molecular flexibility index (Phi) is 7.54. The summed E-state index contributed by atoms with van der Waals surface area (Å²) >= 11 is 0. The van der Waals surface area contributed by atoms with E-state index in [2.05, 4.69) is 0 Å². The van der Waals surface area contributed by atoms with E-state index in [1.165, 1.54) is 10.4 Å². The molecule has 3 unspecified atom stereocenters. The average molecular weight is 618 g/mol. The van der Waals surface area contributed by atoms with E-state index in [9.17, 15) is 26.4 Å². The molecule has 3 aromatic rings. The first kappa shape index (κ1) is 29.3. The Morgan fingerprint density at radius 1 is 1.02 bits per heavy atom. The van der Waals surface area contributed by atoms with Crippen LogP contribution in [0.5, 0.6) is 17.2 Å². The van der Waals surface area contributed by atoms with Crippen LogP contribution in [0.4, 0.5) is 13.2 Å². The van der Waals surface area contributed by atoms with Crippen molar-refractivity contribution in [3.05, 3.63) is 76.9 Å². The van der Waals surface area contributed by atoms with Gasteiger partial charge in [-0.3, -0.25) is 4.79 Å². The third kappa shape index (κ3) is 6.03. The molecule has 1 saturated heterocycles. The molecule has 3 atom stereocenters. The summed E-state index contributed by atoms with van der Waals surface area (Å²) in [6.07, 6.45) is -2.85. The van der Waals surface area contributed by atoms with Gasteiger partial charge in [-0.15, -0.1) is 0 Å². The van der Waals surface area contributed by atoms with Gasteiger partial charge in [0.25, 0.3) is 0 Å². The normalized spacial score (nSPS) is 21.7. The second-order valence-electron chi connectivity index (χ2n) is 11.2. The van der Waals surface area contributed by atoms with E-state index in [0.29, 0.717) is 59.7 Å². The lowest BCUT2D eigenvalue weighted by molar-refractivity contribution is -0.138. The third-order valence-corrected chi connectivity index (χ3v) is 9.51. The molecule has 1 aliphatic carbocycles. The van der Waals surface area contributed by atoms with Gasteiger partial charge in [-0.1, -0.05) is 24.3 Å². The molecular weight excluding hydrogens is 587 g/mol. The number of ether oxygens (including phenoxy) is 3. The van der Waals surface area contributed by atoms with E-state index in [4.69, 9.17) is 19.3 Å². The number of nitrogens with zero attached hydrogens (tertiary/aromatic N) is 1. The number of rotatable bonds is 8. The molecule has 6 rings (SSSR count). The van der Waals surface area contributed by atoms with Crippen molar-refractivity contribution in [2.24, 2.45) is 0 Å². The first-order valence-electron chi connectivity index (χ1n) is 14.0. The molecule has 43 heavy (non-hydrogen) atoms. The molecule has 3 aliphatic rings. The number of hydrogen-bond acceptors (Lipinski definition) is 6. The minimum Gasteiger partial charge on any atom is -0.492 e. The first-order chi connectivity index (χ1) is 20.4. The number of benzene rings is 3. The van der Waals surface area contributed by atoms with Crippen molar-refractivity contribution in [2.75, 3.05) is 26.0 Å². The van der Waals surface area contributed by atoms with Crippen molar-refractivity contribution in [1.29, 1.82) is 0 Å². The number of carboxylic acid groups (broad SMARTS) is 1. The number of sulfonamides is 1. The average Bonchev–Trinajstić information content (AvgIpc) is 3.67. The van der Waals surface area contributed by atoms with E-state index < -0.39 is 33.8 Å². The number of fused-ring (bicyclic) bond motifs is 2. The minimum absolute atomic E-state index is 0.0387. The molecule has 0 bridgehead atoms. The first-order valence-corrected chi connectivity index (χ1v) is 15.8. The molecule has 2 heterocycles. The van der Waals surface area contributed by atoms with Gasteiger partial charge in [-0.2, -0.15) is 17.5 Å². The second-order valence-corrected chi connectivity index (χ2v) is 13.2. The fraction of sp³-hybridized carbons (Fsp3) is 0.387. The lowest BCUT2D eigenvalue weighted by Gasteiger charge is -2.20. The van der Waals surface area contributed by atoms with Crippen LogP contribution in [0.15, 0.2) is 54.6 Å². The van der Waals surface area contributed by atoms with Gasteiger partial charge in [0, 0.05) is 24.1 Å². The second kappa shape index (κ2) is 11.1. The molecule has 12 heteroatoms. The highest BCUT2D eigenvalue weighted by Gasteiger charge is 2.38. The summed E-state index contributed by atoms with van der Waals surface area (Å²) in [4.78, 5) is 11.1. The highest BCUT2D eigenvalue weighted by atomic mass is 32.2. The Hall–Kier alpha value is -3.77. The Morgan fingerprint density at radius 2 is 1.74 bits per heavy atom. The van der Waals surface area contributed by atoms with E-state index in [1.807, 2.05) is 0 Å². The summed E-state index contributed by atoms with van der Waals surface area (Å²) in [5, 5.41) is 9.14. The topological polar surface area (TPSA) is 102 Å².